The van der Waals surface area contributed by atoms with Crippen molar-refractivity contribution in [3.63, 3.8) is 0 Å². The van der Waals surface area contributed by atoms with Crippen molar-refractivity contribution in [2.45, 2.75) is 25.5 Å². The number of aliphatic hydroxyl groups excluding tert-OH is 1. The number of imide groups is 1. The zero-order valence-corrected chi connectivity index (χ0v) is 20.7. The van der Waals surface area contributed by atoms with Crippen LogP contribution in [0.4, 0.5) is 4.79 Å². The smallest absolute Gasteiger partial charge is 0.328 e. The second kappa shape index (κ2) is 10.9. The number of hydrogen-bond acceptors (Lipinski definition) is 3. The largest absolute Gasteiger partial charge is 0.373 e. The van der Waals surface area contributed by atoms with Crippen molar-refractivity contribution in [1.29, 1.82) is 0 Å². The van der Waals surface area contributed by atoms with Gasteiger partial charge in [-0.05, 0) is 71.5 Å². The predicted molar refractivity (Wildman–Crippen MR) is 135 cm³/mol. The van der Waals surface area contributed by atoms with Crippen LogP contribution in [0.5, 0.6) is 0 Å². The quantitative estimate of drug-likeness (QED) is 0.411. The molecule has 0 aromatic heterocycles. The van der Waals surface area contributed by atoms with Crippen LogP contribution >= 0.6 is 46.4 Å². The third kappa shape index (κ3) is 6.52. The van der Waals surface area contributed by atoms with E-state index < -0.39 is 18.2 Å². The summed E-state index contributed by atoms with van der Waals surface area (Å²) in [6.07, 6.45) is -0.676. The number of rotatable bonds is 8. The van der Waals surface area contributed by atoms with Crippen molar-refractivity contribution < 1.29 is 14.7 Å². The van der Waals surface area contributed by atoms with E-state index in [2.05, 4.69) is 13.2 Å². The number of halogens is 4. The van der Waals surface area contributed by atoms with Crippen molar-refractivity contribution in [1.82, 2.24) is 9.80 Å². The molecular weight excluding hydrogens is 506 g/mol. The van der Waals surface area contributed by atoms with Crippen LogP contribution in [0, 0.1) is 0 Å². The molecule has 33 heavy (non-hydrogen) atoms. The molecule has 1 atom stereocenters. The van der Waals surface area contributed by atoms with E-state index in [4.69, 9.17) is 46.4 Å². The lowest BCUT2D eigenvalue weighted by atomic mass is 10.0. The van der Waals surface area contributed by atoms with Gasteiger partial charge in [0.05, 0.1) is 6.42 Å². The first-order valence-electron chi connectivity index (χ1n) is 10.1. The maximum atomic E-state index is 13.0. The Morgan fingerprint density at radius 2 is 1.24 bits per heavy atom. The normalized spacial score (nSPS) is 16.3. The molecule has 2 aromatic carbocycles. The molecular formula is C24H22Cl4N2O3. The van der Waals surface area contributed by atoms with E-state index in [-0.39, 0.29) is 19.5 Å². The molecule has 0 radical (unpaired) electrons. The summed E-state index contributed by atoms with van der Waals surface area (Å²) < 4.78 is 0. The van der Waals surface area contributed by atoms with E-state index in [0.29, 0.717) is 44.1 Å². The second-order valence-electron chi connectivity index (χ2n) is 7.73. The summed E-state index contributed by atoms with van der Waals surface area (Å²) in [6, 6.07) is 9.57. The first-order chi connectivity index (χ1) is 15.5. The Labute approximate surface area is 212 Å². The Bertz CT molecular complexity index is 1080. The van der Waals surface area contributed by atoms with Gasteiger partial charge in [-0.2, -0.15) is 0 Å². The topological polar surface area (TPSA) is 60.9 Å². The van der Waals surface area contributed by atoms with Crippen molar-refractivity contribution in [3.8, 4) is 0 Å². The average molecular weight is 528 g/mol. The van der Waals surface area contributed by atoms with Gasteiger partial charge in [-0.1, -0.05) is 59.6 Å². The minimum absolute atomic E-state index is 0.120. The maximum Gasteiger partial charge on any atom is 0.328 e. The van der Waals surface area contributed by atoms with Gasteiger partial charge in [-0.15, -0.1) is 0 Å². The molecule has 1 heterocycles. The van der Waals surface area contributed by atoms with E-state index >= 15 is 0 Å². The molecule has 1 fully saturated rings. The zero-order valence-electron chi connectivity index (χ0n) is 17.7. The van der Waals surface area contributed by atoms with Gasteiger partial charge in [-0.25, -0.2) is 4.79 Å². The molecule has 3 rings (SSSR count). The molecule has 1 aliphatic heterocycles. The van der Waals surface area contributed by atoms with Crippen LogP contribution in [0.25, 0.3) is 11.1 Å². The lowest BCUT2D eigenvalue weighted by Crippen LogP contribution is -2.57. The highest BCUT2D eigenvalue weighted by atomic mass is 35.5. The third-order valence-corrected chi connectivity index (χ3v) is 6.20. The third-order valence-electron chi connectivity index (χ3n) is 5.33. The molecule has 1 unspecified atom stereocenters. The average Bonchev–Trinajstić information content (AvgIpc) is 2.71. The molecule has 2 aromatic rings. The SMILES string of the molecule is C=C(CCN1C(=O)CC(O)N(CCC(=C)c2cc(Cl)cc(Cl)c2)C1=O)c1cc(Cl)cc(Cl)c1. The monoisotopic (exact) mass is 526 g/mol. The number of amides is 3. The van der Waals surface area contributed by atoms with Gasteiger partial charge in [0.15, 0.2) is 0 Å². The summed E-state index contributed by atoms with van der Waals surface area (Å²) in [4.78, 5) is 27.8. The van der Waals surface area contributed by atoms with Crippen LogP contribution in [0.3, 0.4) is 0 Å². The number of hydrogen-bond donors (Lipinski definition) is 1. The maximum absolute atomic E-state index is 13.0. The van der Waals surface area contributed by atoms with Gasteiger partial charge in [0, 0.05) is 33.2 Å². The predicted octanol–water partition coefficient (Wildman–Crippen LogP) is 6.78. The van der Waals surface area contributed by atoms with Crippen molar-refractivity contribution >= 4 is 69.5 Å². The van der Waals surface area contributed by atoms with Gasteiger partial charge < -0.3 is 5.11 Å². The highest BCUT2D eigenvalue weighted by molar-refractivity contribution is 6.35. The van der Waals surface area contributed by atoms with Crippen LogP contribution in [0.15, 0.2) is 49.6 Å². The fourth-order valence-electron chi connectivity index (χ4n) is 3.54. The zero-order chi connectivity index (χ0) is 24.3. The van der Waals surface area contributed by atoms with Gasteiger partial charge in [0.25, 0.3) is 0 Å². The summed E-state index contributed by atoms with van der Waals surface area (Å²) in [5.74, 6) is -0.443. The summed E-state index contributed by atoms with van der Waals surface area (Å²) in [6.45, 7) is 8.35. The van der Waals surface area contributed by atoms with E-state index in [0.717, 1.165) is 16.0 Å². The Balaban J connectivity index is 1.64. The molecule has 0 aliphatic carbocycles. The number of urea groups is 1. The highest BCUT2D eigenvalue weighted by Gasteiger charge is 2.37. The number of carbonyl (C=O) groups is 2. The van der Waals surface area contributed by atoms with E-state index in [1.54, 1.807) is 36.4 Å². The molecule has 1 saturated heterocycles. The van der Waals surface area contributed by atoms with Gasteiger partial charge >= 0.3 is 6.03 Å². The van der Waals surface area contributed by atoms with Gasteiger partial charge in [-0.3, -0.25) is 14.6 Å². The second-order valence-corrected chi connectivity index (χ2v) is 9.48. The number of carbonyl (C=O) groups excluding carboxylic acids is 2. The number of nitrogens with zero attached hydrogens (tertiary/aromatic N) is 2. The minimum atomic E-state index is -1.20. The van der Waals surface area contributed by atoms with Crippen LogP contribution in [-0.2, 0) is 4.79 Å². The lowest BCUT2D eigenvalue weighted by Gasteiger charge is -2.38. The van der Waals surface area contributed by atoms with Crippen molar-refractivity contribution in [3.05, 3.63) is 80.8 Å². The molecule has 5 nitrogen and oxygen atoms in total. The number of benzene rings is 2. The summed E-state index contributed by atoms with van der Waals surface area (Å²) in [5, 5.41) is 12.3. The molecule has 0 spiro atoms. The van der Waals surface area contributed by atoms with Crippen LogP contribution in [0.2, 0.25) is 20.1 Å². The van der Waals surface area contributed by atoms with Crippen molar-refractivity contribution in [2.24, 2.45) is 0 Å². The van der Waals surface area contributed by atoms with Crippen LogP contribution < -0.4 is 0 Å². The van der Waals surface area contributed by atoms with E-state index in [9.17, 15) is 14.7 Å². The van der Waals surface area contributed by atoms with Crippen LogP contribution in [-0.4, -0.2) is 46.2 Å². The molecule has 1 N–H and O–H groups in total. The first-order valence-corrected chi connectivity index (χ1v) is 11.6. The molecule has 9 heteroatoms. The van der Waals surface area contributed by atoms with E-state index in [1.165, 1.54) is 4.90 Å². The molecule has 174 valence electrons. The fraction of sp³-hybridized carbons (Fsp3) is 0.250. The Hall–Kier alpha value is -2.02. The van der Waals surface area contributed by atoms with Gasteiger partial charge in [0.1, 0.15) is 6.23 Å². The summed E-state index contributed by atoms with van der Waals surface area (Å²) >= 11 is 24.2. The molecule has 3 amide bonds. The minimum Gasteiger partial charge on any atom is -0.373 e. The lowest BCUT2D eigenvalue weighted by molar-refractivity contribution is -0.138. The highest BCUT2D eigenvalue weighted by Crippen LogP contribution is 2.28. The first kappa shape index (κ1) is 25.6. The van der Waals surface area contributed by atoms with Gasteiger partial charge in [0.2, 0.25) is 5.91 Å². The Morgan fingerprint density at radius 1 is 0.818 bits per heavy atom. The van der Waals surface area contributed by atoms with Crippen molar-refractivity contribution in [2.75, 3.05) is 13.1 Å². The molecule has 1 aliphatic rings. The summed E-state index contributed by atoms with van der Waals surface area (Å²) in [5.41, 5.74) is 2.87. The number of aliphatic hydroxyl groups is 1. The summed E-state index contributed by atoms with van der Waals surface area (Å²) in [7, 11) is 0. The standard InChI is InChI=1S/C24H22Cl4N2O3/c1-14(16-7-18(25)11-19(26)8-16)3-5-29-22(31)13-23(32)30(24(29)33)6-4-15(2)17-9-20(27)12-21(28)10-17/h7-12,22,31H,1-6,13H2. The molecule has 0 saturated carbocycles. The molecule has 0 bridgehead atoms. The fourth-order valence-corrected chi connectivity index (χ4v) is 4.59. The van der Waals surface area contributed by atoms with E-state index in [1.807, 2.05) is 0 Å². The Morgan fingerprint density at radius 3 is 1.70 bits per heavy atom. The van der Waals surface area contributed by atoms with Crippen LogP contribution in [0.1, 0.15) is 30.4 Å². The Kier molecular flexibility index (Phi) is 8.48.